The van der Waals surface area contributed by atoms with Crippen molar-refractivity contribution in [1.29, 1.82) is 0 Å². The zero-order chi connectivity index (χ0) is 18.2. The SMILES string of the molecule is Cc1ccc(Sc2ccc(NC(=O)CCCC=C(F)F)cc2Cl)cc1. The molecule has 1 amide bonds. The number of hydrogen-bond donors (Lipinski definition) is 1. The van der Waals surface area contributed by atoms with Crippen molar-refractivity contribution in [3.63, 3.8) is 0 Å². The number of unbranched alkanes of at least 4 members (excludes halogenated alkanes) is 1. The van der Waals surface area contributed by atoms with Crippen molar-refractivity contribution in [1.82, 2.24) is 0 Å². The molecule has 0 spiro atoms. The summed E-state index contributed by atoms with van der Waals surface area (Å²) in [7, 11) is 0. The van der Waals surface area contributed by atoms with Crippen LogP contribution >= 0.6 is 23.4 Å². The Balaban J connectivity index is 1.91. The fraction of sp³-hybridized carbons (Fsp3) is 0.211. The summed E-state index contributed by atoms with van der Waals surface area (Å²) in [6, 6.07) is 13.5. The lowest BCUT2D eigenvalue weighted by atomic mass is 10.2. The molecule has 2 nitrogen and oxygen atoms in total. The first-order valence-corrected chi connectivity index (χ1v) is 8.98. The maximum absolute atomic E-state index is 11.9. The third-order valence-electron chi connectivity index (χ3n) is 3.37. The molecule has 0 aliphatic rings. The van der Waals surface area contributed by atoms with Crippen LogP contribution in [0.4, 0.5) is 14.5 Å². The molecule has 2 rings (SSSR count). The lowest BCUT2D eigenvalue weighted by Crippen LogP contribution is -2.10. The lowest BCUT2D eigenvalue weighted by Gasteiger charge is -2.09. The first kappa shape index (κ1) is 19.5. The largest absolute Gasteiger partial charge is 0.326 e. The van der Waals surface area contributed by atoms with Gasteiger partial charge in [-0.3, -0.25) is 4.79 Å². The molecular formula is C19H18ClF2NOS. The van der Waals surface area contributed by atoms with E-state index in [2.05, 4.69) is 5.32 Å². The van der Waals surface area contributed by atoms with Crippen LogP contribution in [0.1, 0.15) is 24.8 Å². The Labute approximate surface area is 155 Å². The molecular weight excluding hydrogens is 364 g/mol. The zero-order valence-corrected chi connectivity index (χ0v) is 15.3. The number of allylic oxidation sites excluding steroid dienone is 1. The molecule has 1 N–H and O–H groups in total. The molecule has 6 heteroatoms. The van der Waals surface area contributed by atoms with Gasteiger partial charge in [-0.25, -0.2) is 0 Å². The Kier molecular flexibility index (Phi) is 7.47. The first-order chi connectivity index (χ1) is 11.9. The summed E-state index contributed by atoms with van der Waals surface area (Å²) in [6.45, 7) is 2.03. The third kappa shape index (κ3) is 6.88. The van der Waals surface area contributed by atoms with E-state index in [1.807, 2.05) is 37.3 Å². The molecule has 0 saturated heterocycles. The van der Waals surface area contributed by atoms with E-state index in [9.17, 15) is 13.6 Å². The van der Waals surface area contributed by atoms with E-state index in [-0.39, 0.29) is 18.7 Å². The summed E-state index contributed by atoms with van der Waals surface area (Å²) in [5.41, 5.74) is 1.79. The van der Waals surface area contributed by atoms with Gasteiger partial charge in [0, 0.05) is 21.9 Å². The van der Waals surface area contributed by atoms with Crippen LogP contribution < -0.4 is 5.32 Å². The predicted molar refractivity (Wildman–Crippen MR) is 99.5 cm³/mol. The van der Waals surface area contributed by atoms with Crippen molar-refractivity contribution in [3.8, 4) is 0 Å². The Bertz CT molecular complexity index is 759. The molecule has 2 aromatic carbocycles. The van der Waals surface area contributed by atoms with E-state index in [0.717, 1.165) is 15.9 Å². The quantitative estimate of drug-likeness (QED) is 0.541. The van der Waals surface area contributed by atoms with Crippen LogP contribution in [0, 0.1) is 6.92 Å². The summed E-state index contributed by atoms with van der Waals surface area (Å²) >= 11 is 7.84. The van der Waals surface area contributed by atoms with Crippen molar-refractivity contribution in [3.05, 3.63) is 65.2 Å². The van der Waals surface area contributed by atoms with Crippen LogP contribution in [0.15, 0.2) is 64.4 Å². The van der Waals surface area contributed by atoms with Gasteiger partial charge < -0.3 is 5.32 Å². The minimum atomic E-state index is -1.71. The molecule has 0 aliphatic carbocycles. The maximum Gasteiger partial charge on any atom is 0.266 e. The summed E-state index contributed by atoms with van der Waals surface area (Å²) in [4.78, 5) is 13.8. The van der Waals surface area contributed by atoms with Crippen LogP contribution in [-0.2, 0) is 4.79 Å². The number of nitrogens with one attached hydrogen (secondary N) is 1. The van der Waals surface area contributed by atoms with Crippen LogP contribution in [0.5, 0.6) is 0 Å². The number of carbonyl (C=O) groups is 1. The molecule has 0 saturated carbocycles. The van der Waals surface area contributed by atoms with E-state index in [4.69, 9.17) is 11.6 Å². The van der Waals surface area contributed by atoms with Gasteiger partial charge in [0.2, 0.25) is 5.91 Å². The predicted octanol–water partition coefficient (Wildman–Crippen LogP) is 6.69. The number of amides is 1. The highest BCUT2D eigenvalue weighted by Gasteiger charge is 2.07. The minimum Gasteiger partial charge on any atom is -0.326 e. The summed E-state index contributed by atoms with van der Waals surface area (Å²) in [6.07, 6.45) is -0.155. The Morgan fingerprint density at radius 2 is 1.92 bits per heavy atom. The second kappa shape index (κ2) is 9.59. The van der Waals surface area contributed by atoms with Crippen molar-refractivity contribution in [2.75, 3.05) is 5.32 Å². The summed E-state index contributed by atoms with van der Waals surface area (Å²) in [5, 5.41) is 3.28. The van der Waals surface area contributed by atoms with Gasteiger partial charge in [-0.05, 0) is 56.2 Å². The number of hydrogen-bond acceptors (Lipinski definition) is 2. The van der Waals surface area contributed by atoms with Gasteiger partial charge in [-0.15, -0.1) is 0 Å². The third-order valence-corrected chi connectivity index (χ3v) is 4.88. The molecule has 0 aromatic heterocycles. The molecule has 0 radical (unpaired) electrons. The topological polar surface area (TPSA) is 29.1 Å². The number of anilines is 1. The Hall–Kier alpha value is -1.85. The van der Waals surface area contributed by atoms with Crippen LogP contribution in [0.25, 0.3) is 0 Å². The van der Waals surface area contributed by atoms with Gasteiger partial charge in [-0.1, -0.05) is 41.1 Å². The first-order valence-electron chi connectivity index (χ1n) is 7.79. The molecule has 0 heterocycles. The summed E-state index contributed by atoms with van der Waals surface area (Å²) in [5.74, 6) is -0.220. The number of carbonyl (C=O) groups excluding carboxylic acids is 1. The van der Waals surface area contributed by atoms with E-state index in [1.165, 1.54) is 5.56 Å². The van der Waals surface area contributed by atoms with Crippen LogP contribution in [0.2, 0.25) is 5.02 Å². The van der Waals surface area contributed by atoms with E-state index < -0.39 is 6.08 Å². The smallest absolute Gasteiger partial charge is 0.266 e. The highest BCUT2D eigenvalue weighted by atomic mass is 35.5. The van der Waals surface area contributed by atoms with Crippen LogP contribution in [0.3, 0.4) is 0 Å². The van der Waals surface area contributed by atoms with E-state index in [1.54, 1.807) is 23.9 Å². The molecule has 0 bridgehead atoms. The molecule has 2 aromatic rings. The average Bonchev–Trinajstić information content (AvgIpc) is 2.56. The fourth-order valence-corrected chi connectivity index (χ4v) is 3.21. The second-order valence-corrected chi connectivity index (χ2v) is 7.02. The highest BCUT2D eigenvalue weighted by molar-refractivity contribution is 7.99. The molecule has 0 aliphatic heterocycles. The molecule has 0 fully saturated rings. The van der Waals surface area contributed by atoms with Crippen LogP contribution in [-0.4, -0.2) is 5.91 Å². The van der Waals surface area contributed by atoms with E-state index in [0.29, 0.717) is 17.1 Å². The number of rotatable bonds is 7. The van der Waals surface area contributed by atoms with E-state index >= 15 is 0 Å². The lowest BCUT2D eigenvalue weighted by molar-refractivity contribution is -0.116. The van der Waals surface area contributed by atoms with Gasteiger partial charge in [-0.2, -0.15) is 8.78 Å². The highest BCUT2D eigenvalue weighted by Crippen LogP contribution is 2.34. The molecule has 0 unspecified atom stereocenters. The van der Waals surface area contributed by atoms with Gasteiger partial charge in [0.1, 0.15) is 0 Å². The number of halogens is 3. The van der Waals surface area contributed by atoms with Gasteiger partial charge in [0.05, 0.1) is 5.02 Å². The van der Waals surface area contributed by atoms with Crippen molar-refractivity contribution in [2.45, 2.75) is 36.0 Å². The van der Waals surface area contributed by atoms with Gasteiger partial charge >= 0.3 is 0 Å². The van der Waals surface area contributed by atoms with Gasteiger partial charge in [0.15, 0.2) is 0 Å². The van der Waals surface area contributed by atoms with Crippen molar-refractivity contribution in [2.24, 2.45) is 0 Å². The monoisotopic (exact) mass is 381 g/mol. The molecule has 0 atom stereocenters. The molecule has 132 valence electrons. The summed E-state index contributed by atoms with van der Waals surface area (Å²) < 4.78 is 23.8. The normalized spacial score (nSPS) is 10.4. The number of benzene rings is 2. The van der Waals surface area contributed by atoms with Crippen molar-refractivity contribution < 1.29 is 13.6 Å². The number of aryl methyl sites for hydroxylation is 1. The average molecular weight is 382 g/mol. The standard InChI is InChI=1S/C19H18ClF2NOS/c1-13-6-9-15(10-7-13)25-17-11-8-14(12-16(17)20)23-19(24)5-3-2-4-18(21)22/h4,6-12H,2-3,5H2,1H3,(H,23,24). The molecule has 25 heavy (non-hydrogen) atoms. The van der Waals surface area contributed by atoms with Gasteiger partial charge in [0.25, 0.3) is 6.08 Å². The second-order valence-electron chi connectivity index (χ2n) is 5.49. The zero-order valence-electron chi connectivity index (χ0n) is 13.7. The van der Waals surface area contributed by atoms with Crippen molar-refractivity contribution >= 4 is 35.0 Å². The maximum atomic E-state index is 11.9. The Morgan fingerprint density at radius 1 is 1.20 bits per heavy atom. The Morgan fingerprint density at radius 3 is 2.56 bits per heavy atom. The fourth-order valence-electron chi connectivity index (χ4n) is 2.09. The minimum absolute atomic E-state index is 0.182.